The zero-order valence-corrected chi connectivity index (χ0v) is 22.3. The van der Waals surface area contributed by atoms with Crippen LogP contribution in [0.25, 0.3) is 22.0 Å². The fourth-order valence-corrected chi connectivity index (χ4v) is 5.10. The topological polar surface area (TPSA) is 107 Å². The minimum Gasteiger partial charge on any atom is -0.480 e. The first-order valence-electron chi connectivity index (χ1n) is 12.9. The third-order valence-electron chi connectivity index (χ3n) is 6.80. The van der Waals surface area contributed by atoms with E-state index in [0.29, 0.717) is 16.5 Å². The maximum atomic E-state index is 14.1. The Hall–Kier alpha value is -4.66. The van der Waals surface area contributed by atoms with Crippen molar-refractivity contribution in [2.45, 2.75) is 44.8 Å². The minimum absolute atomic E-state index is 0.0232. The quantitative estimate of drug-likeness (QED) is 0.304. The first kappa shape index (κ1) is 26.9. The Morgan fingerprint density at radius 2 is 1.62 bits per heavy atom. The van der Waals surface area contributed by atoms with Gasteiger partial charge in [-0.15, -0.1) is 0 Å². The van der Waals surface area contributed by atoms with Gasteiger partial charge in [-0.1, -0.05) is 48.5 Å². The number of carbonyl (C=O) groups is 3. The number of carbonyl (C=O) groups excluding carboxylic acids is 2. The van der Waals surface area contributed by atoms with E-state index in [0.717, 1.165) is 22.3 Å². The number of aromatic nitrogens is 1. The largest absolute Gasteiger partial charge is 0.480 e. The second-order valence-corrected chi connectivity index (χ2v) is 10.7. The molecule has 1 aliphatic carbocycles. The van der Waals surface area contributed by atoms with Crippen LogP contribution in [0.15, 0.2) is 72.9 Å². The van der Waals surface area contributed by atoms with E-state index in [-0.39, 0.29) is 18.9 Å². The molecule has 206 valence electrons. The summed E-state index contributed by atoms with van der Waals surface area (Å²) in [6.07, 6.45) is -0.383. The predicted molar refractivity (Wildman–Crippen MR) is 147 cm³/mol. The summed E-state index contributed by atoms with van der Waals surface area (Å²) >= 11 is 0. The van der Waals surface area contributed by atoms with Crippen molar-refractivity contribution in [3.63, 3.8) is 0 Å². The lowest BCUT2D eigenvalue weighted by atomic mass is 9.98. The van der Waals surface area contributed by atoms with Gasteiger partial charge in [0.2, 0.25) is 0 Å². The molecule has 0 aliphatic heterocycles. The molecule has 40 heavy (non-hydrogen) atoms. The number of fused-ring (bicyclic) bond motifs is 4. The van der Waals surface area contributed by atoms with E-state index in [2.05, 4.69) is 5.32 Å². The summed E-state index contributed by atoms with van der Waals surface area (Å²) in [5.41, 5.74) is 4.14. The summed E-state index contributed by atoms with van der Waals surface area (Å²) in [5.74, 6) is -2.04. The molecule has 3 aromatic carbocycles. The third kappa shape index (κ3) is 5.40. The second-order valence-electron chi connectivity index (χ2n) is 10.7. The number of hydrogen-bond donors (Lipinski definition) is 2. The van der Waals surface area contributed by atoms with Gasteiger partial charge in [0.15, 0.2) is 0 Å². The van der Waals surface area contributed by atoms with E-state index in [1.807, 2.05) is 48.5 Å². The summed E-state index contributed by atoms with van der Waals surface area (Å²) in [4.78, 5) is 37.7. The molecular formula is C31H29FN2O6. The molecule has 8 nitrogen and oxygen atoms in total. The van der Waals surface area contributed by atoms with Crippen LogP contribution < -0.4 is 5.32 Å². The maximum Gasteiger partial charge on any atom is 0.419 e. The van der Waals surface area contributed by atoms with Gasteiger partial charge in [-0.25, -0.2) is 18.8 Å². The van der Waals surface area contributed by atoms with Gasteiger partial charge in [-0.3, -0.25) is 4.57 Å². The Kier molecular flexibility index (Phi) is 7.06. The Morgan fingerprint density at radius 3 is 2.23 bits per heavy atom. The lowest BCUT2D eigenvalue weighted by molar-refractivity contribution is -0.139. The molecule has 1 atom stereocenters. The van der Waals surface area contributed by atoms with Crippen LogP contribution in [0.5, 0.6) is 0 Å². The normalized spacial score (nSPS) is 13.4. The molecule has 9 heteroatoms. The molecule has 2 N–H and O–H groups in total. The highest BCUT2D eigenvalue weighted by molar-refractivity contribution is 5.93. The lowest BCUT2D eigenvalue weighted by Gasteiger charge is -2.19. The fourth-order valence-electron chi connectivity index (χ4n) is 5.10. The van der Waals surface area contributed by atoms with E-state index >= 15 is 0 Å². The minimum atomic E-state index is -1.39. The van der Waals surface area contributed by atoms with E-state index in [9.17, 15) is 23.9 Å². The molecule has 0 saturated carbocycles. The van der Waals surface area contributed by atoms with Gasteiger partial charge in [0.05, 0.1) is 5.52 Å². The molecule has 1 aliphatic rings. The van der Waals surface area contributed by atoms with Crippen LogP contribution in [0.4, 0.5) is 14.0 Å². The summed E-state index contributed by atoms with van der Waals surface area (Å²) in [6, 6.07) is 18.2. The molecule has 1 heterocycles. The van der Waals surface area contributed by atoms with Gasteiger partial charge in [-0.2, -0.15) is 0 Å². The van der Waals surface area contributed by atoms with Crippen molar-refractivity contribution in [2.75, 3.05) is 6.61 Å². The number of amides is 1. The Labute approximate surface area is 230 Å². The van der Waals surface area contributed by atoms with Crippen LogP contribution >= 0.6 is 0 Å². The Bertz CT molecular complexity index is 1570. The van der Waals surface area contributed by atoms with E-state index in [4.69, 9.17) is 9.47 Å². The van der Waals surface area contributed by atoms with Crippen molar-refractivity contribution < 1.29 is 33.4 Å². The summed E-state index contributed by atoms with van der Waals surface area (Å²) in [6.45, 7) is 5.18. The highest BCUT2D eigenvalue weighted by atomic mass is 19.1. The molecular weight excluding hydrogens is 515 g/mol. The van der Waals surface area contributed by atoms with Crippen LogP contribution in [0.1, 0.15) is 43.4 Å². The standard InChI is InChI=1S/C31H29FN2O6/c1-31(2,3)40-30(38)34-16-18(24-15-19(32)12-13-27(24)34)14-26(28(35)36)33-29(37)39-17-25-22-10-6-4-8-20(22)21-9-5-7-11-23(21)25/h4-13,15-16,25-26H,14,17H2,1-3H3,(H,33,37)(H,35,36)/t26-/m0/s1. The number of hydrogen-bond acceptors (Lipinski definition) is 5. The molecule has 5 rings (SSSR count). The lowest BCUT2D eigenvalue weighted by Crippen LogP contribution is -2.42. The van der Waals surface area contributed by atoms with Gasteiger partial charge in [0.1, 0.15) is 24.1 Å². The van der Waals surface area contributed by atoms with Gasteiger partial charge in [0.25, 0.3) is 0 Å². The molecule has 0 spiro atoms. The third-order valence-corrected chi connectivity index (χ3v) is 6.80. The SMILES string of the molecule is CC(C)(C)OC(=O)n1cc(C[C@H](NC(=O)OCC2c3ccccc3-c3ccccc32)C(=O)O)c2cc(F)ccc21. The molecule has 0 unspecified atom stereocenters. The molecule has 1 aromatic heterocycles. The highest BCUT2D eigenvalue weighted by Crippen LogP contribution is 2.44. The van der Waals surface area contributed by atoms with Gasteiger partial charge in [-0.05, 0) is 66.8 Å². The number of aliphatic carboxylic acids is 1. The fraction of sp³-hybridized carbons (Fsp3) is 0.258. The van der Waals surface area contributed by atoms with Crippen LogP contribution in [0.2, 0.25) is 0 Å². The Morgan fingerprint density at radius 1 is 1.00 bits per heavy atom. The molecule has 0 bridgehead atoms. The smallest absolute Gasteiger partial charge is 0.419 e. The molecule has 4 aromatic rings. The summed E-state index contributed by atoms with van der Waals surface area (Å²) in [5, 5.41) is 12.6. The number of benzene rings is 3. The molecule has 0 fully saturated rings. The average molecular weight is 545 g/mol. The maximum absolute atomic E-state index is 14.1. The highest BCUT2D eigenvalue weighted by Gasteiger charge is 2.30. The number of carboxylic acids is 1. The predicted octanol–water partition coefficient (Wildman–Crippen LogP) is 6.10. The van der Waals surface area contributed by atoms with Crippen molar-refractivity contribution >= 4 is 29.1 Å². The molecule has 1 amide bonds. The average Bonchev–Trinajstić information content (AvgIpc) is 3.41. The van der Waals surface area contributed by atoms with Crippen molar-refractivity contribution in [1.29, 1.82) is 0 Å². The van der Waals surface area contributed by atoms with Gasteiger partial charge in [0, 0.05) is 23.9 Å². The van der Waals surface area contributed by atoms with Crippen LogP contribution in [0, 0.1) is 5.82 Å². The summed E-state index contributed by atoms with van der Waals surface area (Å²) < 4.78 is 26.3. The van der Waals surface area contributed by atoms with E-state index in [1.54, 1.807) is 20.8 Å². The monoisotopic (exact) mass is 544 g/mol. The first-order chi connectivity index (χ1) is 19.0. The zero-order chi connectivity index (χ0) is 28.6. The number of nitrogens with one attached hydrogen (secondary N) is 1. The number of carboxylic acid groups (broad SMARTS) is 1. The van der Waals surface area contributed by atoms with Crippen LogP contribution in [0.3, 0.4) is 0 Å². The number of alkyl carbamates (subject to hydrolysis) is 1. The number of ether oxygens (including phenoxy) is 2. The van der Waals surface area contributed by atoms with Gasteiger partial charge >= 0.3 is 18.2 Å². The molecule has 0 saturated heterocycles. The van der Waals surface area contributed by atoms with Crippen molar-refractivity contribution in [3.8, 4) is 11.1 Å². The van der Waals surface area contributed by atoms with E-state index < -0.39 is 35.6 Å². The van der Waals surface area contributed by atoms with E-state index in [1.165, 1.54) is 29.0 Å². The summed E-state index contributed by atoms with van der Waals surface area (Å²) in [7, 11) is 0. The van der Waals surface area contributed by atoms with Gasteiger partial charge < -0.3 is 19.9 Å². The van der Waals surface area contributed by atoms with Crippen molar-refractivity contribution in [1.82, 2.24) is 9.88 Å². The molecule has 0 radical (unpaired) electrons. The van der Waals surface area contributed by atoms with Crippen LogP contribution in [-0.4, -0.2) is 46.1 Å². The number of nitrogens with zero attached hydrogens (tertiary/aromatic N) is 1. The number of rotatable bonds is 6. The second kappa shape index (κ2) is 10.5. The zero-order valence-electron chi connectivity index (χ0n) is 22.3. The van der Waals surface area contributed by atoms with Crippen molar-refractivity contribution in [3.05, 3.63) is 95.4 Å². The number of halogens is 1. The first-order valence-corrected chi connectivity index (χ1v) is 12.9. The van der Waals surface area contributed by atoms with Crippen molar-refractivity contribution in [2.24, 2.45) is 0 Å². The Balaban J connectivity index is 1.33. The van der Waals surface area contributed by atoms with Crippen LogP contribution in [-0.2, 0) is 20.7 Å².